The first-order chi connectivity index (χ1) is 10.5. The lowest BCUT2D eigenvalue weighted by Gasteiger charge is -2.18. The van der Waals surface area contributed by atoms with Crippen molar-refractivity contribution in [2.75, 3.05) is 11.9 Å². The molecule has 0 aliphatic rings. The molecule has 0 saturated heterocycles. The predicted octanol–water partition coefficient (Wildman–Crippen LogP) is 3.23. The smallest absolute Gasteiger partial charge is 0.387 e. The van der Waals surface area contributed by atoms with Crippen molar-refractivity contribution in [3.8, 4) is 5.75 Å². The number of benzene rings is 1. The van der Waals surface area contributed by atoms with E-state index in [-0.39, 0.29) is 17.3 Å². The normalized spacial score (nSPS) is 10.5. The summed E-state index contributed by atoms with van der Waals surface area (Å²) in [4.78, 5) is 16.1. The van der Waals surface area contributed by atoms with Crippen LogP contribution in [0, 0.1) is 10.1 Å². The number of aromatic nitrogens is 1. The molecule has 1 heterocycles. The first-order valence-electron chi connectivity index (χ1n) is 6.31. The van der Waals surface area contributed by atoms with Gasteiger partial charge in [0.2, 0.25) is 5.82 Å². The fourth-order valence-corrected chi connectivity index (χ4v) is 1.95. The van der Waals surface area contributed by atoms with E-state index in [1.807, 2.05) is 0 Å². The second kappa shape index (κ2) is 6.79. The summed E-state index contributed by atoms with van der Waals surface area (Å²) in [6, 6.07) is 8.93. The summed E-state index contributed by atoms with van der Waals surface area (Å²) >= 11 is 0. The van der Waals surface area contributed by atoms with Gasteiger partial charge in [0.1, 0.15) is 5.75 Å². The average molecular weight is 309 g/mol. The van der Waals surface area contributed by atoms with E-state index in [9.17, 15) is 18.9 Å². The van der Waals surface area contributed by atoms with Gasteiger partial charge in [0.15, 0.2) is 0 Å². The summed E-state index contributed by atoms with van der Waals surface area (Å²) in [6.07, 6.45) is 1.47. The number of rotatable bonds is 6. The highest BCUT2D eigenvalue weighted by molar-refractivity contribution is 5.57. The minimum absolute atomic E-state index is 0.0604. The Labute approximate surface area is 125 Å². The Morgan fingerprint density at radius 2 is 2.00 bits per heavy atom. The van der Waals surface area contributed by atoms with Gasteiger partial charge in [0, 0.05) is 25.9 Å². The maximum Gasteiger partial charge on any atom is 0.387 e. The van der Waals surface area contributed by atoms with Crippen molar-refractivity contribution in [2.45, 2.75) is 13.2 Å². The highest BCUT2D eigenvalue weighted by Crippen LogP contribution is 2.25. The van der Waals surface area contributed by atoms with Crippen LogP contribution in [0.5, 0.6) is 5.75 Å². The quantitative estimate of drug-likeness (QED) is 0.605. The summed E-state index contributed by atoms with van der Waals surface area (Å²) in [6.45, 7) is -2.53. The van der Waals surface area contributed by atoms with Crippen LogP contribution in [0.1, 0.15) is 5.56 Å². The molecule has 0 bridgehead atoms. The molecule has 0 saturated carbocycles. The Bertz CT molecular complexity index is 650. The molecule has 0 aliphatic heterocycles. The third-order valence-corrected chi connectivity index (χ3v) is 2.89. The van der Waals surface area contributed by atoms with Gasteiger partial charge in [-0.15, -0.1) is 0 Å². The van der Waals surface area contributed by atoms with Gasteiger partial charge < -0.3 is 9.64 Å². The topological polar surface area (TPSA) is 68.5 Å². The molecule has 22 heavy (non-hydrogen) atoms. The molecule has 0 unspecified atom stereocenters. The lowest BCUT2D eigenvalue weighted by molar-refractivity contribution is -0.384. The number of alkyl halides is 2. The Morgan fingerprint density at radius 1 is 1.32 bits per heavy atom. The summed E-state index contributed by atoms with van der Waals surface area (Å²) < 4.78 is 28.4. The van der Waals surface area contributed by atoms with E-state index in [1.165, 1.54) is 30.5 Å². The van der Waals surface area contributed by atoms with Crippen molar-refractivity contribution in [1.29, 1.82) is 0 Å². The van der Waals surface area contributed by atoms with Crippen LogP contribution in [0.3, 0.4) is 0 Å². The van der Waals surface area contributed by atoms with Crippen LogP contribution in [0.15, 0.2) is 42.6 Å². The van der Waals surface area contributed by atoms with Gasteiger partial charge in [-0.3, -0.25) is 10.1 Å². The standard InChI is InChI=1S/C14H13F2N3O3/c1-18(13-12(19(20)21)3-2-8-17-13)9-10-4-6-11(7-5-10)22-14(15)16/h2-8,14H,9H2,1H3. The van der Waals surface area contributed by atoms with E-state index < -0.39 is 11.5 Å². The van der Waals surface area contributed by atoms with Crippen LogP contribution in [-0.2, 0) is 6.54 Å². The predicted molar refractivity (Wildman–Crippen MR) is 76.1 cm³/mol. The zero-order valence-electron chi connectivity index (χ0n) is 11.6. The van der Waals surface area contributed by atoms with Gasteiger partial charge in [-0.25, -0.2) is 4.98 Å². The highest BCUT2D eigenvalue weighted by atomic mass is 19.3. The number of ether oxygens (including phenoxy) is 1. The average Bonchev–Trinajstić information content (AvgIpc) is 2.48. The third-order valence-electron chi connectivity index (χ3n) is 2.89. The lowest BCUT2D eigenvalue weighted by Crippen LogP contribution is -2.19. The number of hydrogen-bond donors (Lipinski definition) is 0. The van der Waals surface area contributed by atoms with Crippen LogP contribution >= 0.6 is 0 Å². The minimum atomic E-state index is -2.87. The Hall–Kier alpha value is -2.77. The first kappa shape index (κ1) is 15.6. The molecule has 2 rings (SSSR count). The fourth-order valence-electron chi connectivity index (χ4n) is 1.95. The minimum Gasteiger partial charge on any atom is -0.435 e. The fraction of sp³-hybridized carbons (Fsp3) is 0.214. The third kappa shape index (κ3) is 3.87. The number of hydrogen-bond acceptors (Lipinski definition) is 5. The number of anilines is 1. The van der Waals surface area contributed by atoms with E-state index in [2.05, 4.69) is 9.72 Å². The molecule has 0 spiro atoms. The van der Waals surface area contributed by atoms with Crippen LogP contribution in [-0.4, -0.2) is 23.6 Å². The Balaban J connectivity index is 2.12. The van der Waals surface area contributed by atoms with Gasteiger partial charge >= 0.3 is 12.3 Å². The number of pyridine rings is 1. The molecular formula is C14H13F2N3O3. The molecule has 0 aliphatic carbocycles. The first-order valence-corrected chi connectivity index (χ1v) is 6.31. The molecule has 1 aromatic carbocycles. The number of nitrogens with zero attached hydrogens (tertiary/aromatic N) is 3. The molecule has 2 aromatic rings. The molecule has 0 atom stereocenters. The van der Waals surface area contributed by atoms with Crippen LogP contribution < -0.4 is 9.64 Å². The maximum atomic E-state index is 12.1. The highest BCUT2D eigenvalue weighted by Gasteiger charge is 2.18. The monoisotopic (exact) mass is 309 g/mol. The summed E-state index contributed by atoms with van der Waals surface area (Å²) in [5.41, 5.74) is 0.687. The Kier molecular flexibility index (Phi) is 4.82. The molecule has 0 N–H and O–H groups in total. The van der Waals surface area contributed by atoms with Crippen molar-refractivity contribution >= 4 is 11.5 Å². The van der Waals surface area contributed by atoms with Crippen molar-refractivity contribution in [1.82, 2.24) is 4.98 Å². The van der Waals surface area contributed by atoms with E-state index in [1.54, 1.807) is 24.1 Å². The second-order valence-corrected chi connectivity index (χ2v) is 4.48. The molecule has 0 fully saturated rings. The number of halogens is 2. The van der Waals surface area contributed by atoms with Gasteiger partial charge in [0.05, 0.1) is 4.92 Å². The van der Waals surface area contributed by atoms with Crippen LogP contribution in [0.4, 0.5) is 20.3 Å². The van der Waals surface area contributed by atoms with Gasteiger partial charge in [-0.05, 0) is 23.8 Å². The Morgan fingerprint density at radius 3 is 2.59 bits per heavy atom. The SMILES string of the molecule is CN(Cc1ccc(OC(F)F)cc1)c1ncccc1[N+](=O)[O-]. The van der Waals surface area contributed by atoms with Gasteiger partial charge in [-0.1, -0.05) is 12.1 Å². The molecule has 8 heteroatoms. The molecule has 0 amide bonds. The van der Waals surface area contributed by atoms with E-state index in [0.717, 1.165) is 5.56 Å². The second-order valence-electron chi connectivity index (χ2n) is 4.48. The largest absolute Gasteiger partial charge is 0.435 e. The lowest BCUT2D eigenvalue weighted by atomic mass is 10.2. The molecule has 116 valence electrons. The zero-order valence-corrected chi connectivity index (χ0v) is 11.6. The number of nitro groups is 1. The molecule has 1 aromatic heterocycles. The zero-order chi connectivity index (χ0) is 16.1. The van der Waals surface area contributed by atoms with E-state index >= 15 is 0 Å². The van der Waals surface area contributed by atoms with Gasteiger partial charge in [-0.2, -0.15) is 8.78 Å². The van der Waals surface area contributed by atoms with E-state index in [4.69, 9.17) is 0 Å². The van der Waals surface area contributed by atoms with Crippen molar-refractivity contribution in [3.63, 3.8) is 0 Å². The van der Waals surface area contributed by atoms with Crippen LogP contribution in [0.25, 0.3) is 0 Å². The van der Waals surface area contributed by atoms with Crippen LogP contribution in [0.2, 0.25) is 0 Å². The maximum absolute atomic E-state index is 12.1. The summed E-state index contributed by atoms with van der Waals surface area (Å²) in [5.74, 6) is 0.297. The van der Waals surface area contributed by atoms with Crippen molar-refractivity contribution in [2.24, 2.45) is 0 Å². The van der Waals surface area contributed by atoms with Crippen molar-refractivity contribution in [3.05, 3.63) is 58.3 Å². The van der Waals surface area contributed by atoms with E-state index in [0.29, 0.717) is 6.54 Å². The summed E-state index contributed by atoms with van der Waals surface area (Å²) in [7, 11) is 1.67. The van der Waals surface area contributed by atoms with Crippen molar-refractivity contribution < 1.29 is 18.4 Å². The van der Waals surface area contributed by atoms with Gasteiger partial charge in [0.25, 0.3) is 0 Å². The summed E-state index contributed by atoms with van der Waals surface area (Å²) in [5, 5.41) is 11.0. The molecular weight excluding hydrogens is 296 g/mol. The molecule has 0 radical (unpaired) electrons. The molecule has 6 nitrogen and oxygen atoms in total.